The molecule has 0 bridgehead atoms. The summed E-state index contributed by atoms with van der Waals surface area (Å²) in [5.41, 5.74) is 0.814. The predicted molar refractivity (Wildman–Crippen MR) is 64.1 cm³/mol. The second-order valence-corrected chi connectivity index (χ2v) is 3.84. The monoisotopic (exact) mass is 264 g/mol. The van der Waals surface area contributed by atoms with Crippen molar-refractivity contribution in [1.29, 1.82) is 0 Å². The van der Waals surface area contributed by atoms with E-state index in [9.17, 15) is 13.6 Å². The maximum atomic E-state index is 13.3. The Morgan fingerprint density at radius 3 is 2.42 bits per heavy atom. The van der Waals surface area contributed by atoms with Crippen LogP contribution in [0.15, 0.2) is 42.5 Å². The third kappa shape index (κ3) is 3.07. The van der Waals surface area contributed by atoms with Crippen molar-refractivity contribution in [2.45, 2.75) is 6.61 Å². The summed E-state index contributed by atoms with van der Waals surface area (Å²) < 4.78 is 31.4. The minimum absolute atomic E-state index is 0.0280. The quantitative estimate of drug-likeness (QED) is 0.922. The molecule has 0 saturated heterocycles. The molecule has 2 aromatic rings. The van der Waals surface area contributed by atoms with Crippen molar-refractivity contribution in [3.63, 3.8) is 0 Å². The summed E-state index contributed by atoms with van der Waals surface area (Å²) >= 11 is 0. The Hall–Kier alpha value is -2.43. The lowest BCUT2D eigenvalue weighted by Crippen LogP contribution is -2.00. The summed E-state index contributed by atoms with van der Waals surface area (Å²) in [6.07, 6.45) is 0. The number of rotatable bonds is 4. The minimum Gasteiger partial charge on any atom is -0.486 e. The molecule has 0 aliphatic heterocycles. The van der Waals surface area contributed by atoms with Gasteiger partial charge in [0, 0.05) is 0 Å². The highest BCUT2D eigenvalue weighted by atomic mass is 19.2. The largest absolute Gasteiger partial charge is 0.486 e. The third-order valence-corrected chi connectivity index (χ3v) is 2.51. The standard InChI is InChI=1S/C14H10F2O3/c15-11-2-1-3-12(13(11)16)19-8-9-4-6-10(7-5-9)14(17)18/h1-7H,8H2,(H,17,18). The van der Waals surface area contributed by atoms with Gasteiger partial charge in [0.25, 0.3) is 0 Å². The van der Waals surface area contributed by atoms with Crippen molar-refractivity contribution in [2.75, 3.05) is 0 Å². The molecule has 0 unspecified atom stereocenters. The van der Waals surface area contributed by atoms with E-state index in [1.807, 2.05) is 0 Å². The Labute approximate surface area is 108 Å². The summed E-state index contributed by atoms with van der Waals surface area (Å²) in [5.74, 6) is -3.21. The molecule has 0 atom stereocenters. The van der Waals surface area contributed by atoms with Gasteiger partial charge in [-0.2, -0.15) is 4.39 Å². The van der Waals surface area contributed by atoms with Gasteiger partial charge in [0.15, 0.2) is 11.6 Å². The normalized spacial score (nSPS) is 10.2. The highest BCUT2D eigenvalue weighted by molar-refractivity contribution is 5.87. The van der Waals surface area contributed by atoms with E-state index in [1.165, 1.54) is 24.3 Å². The molecule has 5 heteroatoms. The Morgan fingerprint density at radius 2 is 1.79 bits per heavy atom. The molecular formula is C14H10F2O3. The molecule has 0 amide bonds. The minimum atomic E-state index is -1.04. The van der Waals surface area contributed by atoms with E-state index in [1.54, 1.807) is 12.1 Å². The second kappa shape index (κ2) is 5.48. The average Bonchev–Trinajstić information content (AvgIpc) is 2.41. The van der Waals surface area contributed by atoms with Crippen LogP contribution in [0.5, 0.6) is 5.75 Å². The molecule has 2 aromatic carbocycles. The van der Waals surface area contributed by atoms with Gasteiger partial charge in [-0.3, -0.25) is 0 Å². The predicted octanol–water partition coefficient (Wildman–Crippen LogP) is 3.24. The highest BCUT2D eigenvalue weighted by Gasteiger charge is 2.09. The number of ether oxygens (including phenoxy) is 1. The Morgan fingerprint density at radius 1 is 1.11 bits per heavy atom. The zero-order valence-electron chi connectivity index (χ0n) is 9.77. The molecule has 0 heterocycles. The SMILES string of the molecule is O=C(O)c1ccc(COc2cccc(F)c2F)cc1. The number of carboxylic acid groups (broad SMARTS) is 1. The van der Waals surface area contributed by atoms with Crippen molar-refractivity contribution in [3.8, 4) is 5.75 Å². The molecule has 0 fully saturated rings. The van der Waals surface area contributed by atoms with Gasteiger partial charge in [0.1, 0.15) is 6.61 Å². The number of carboxylic acids is 1. The molecule has 0 aliphatic carbocycles. The van der Waals surface area contributed by atoms with Crippen LogP contribution in [0.4, 0.5) is 8.78 Å². The Bertz CT molecular complexity index is 594. The summed E-state index contributed by atoms with van der Waals surface area (Å²) in [7, 11) is 0. The van der Waals surface area contributed by atoms with E-state index in [0.29, 0.717) is 5.56 Å². The van der Waals surface area contributed by atoms with Gasteiger partial charge in [0.05, 0.1) is 5.56 Å². The lowest BCUT2D eigenvalue weighted by Gasteiger charge is -2.07. The van der Waals surface area contributed by atoms with E-state index in [0.717, 1.165) is 6.07 Å². The van der Waals surface area contributed by atoms with Crippen LogP contribution in [0.1, 0.15) is 15.9 Å². The van der Waals surface area contributed by atoms with Crippen molar-refractivity contribution < 1.29 is 23.4 Å². The second-order valence-electron chi connectivity index (χ2n) is 3.84. The number of halogens is 2. The summed E-state index contributed by atoms with van der Waals surface area (Å²) in [6.45, 7) is 0.0280. The van der Waals surface area contributed by atoms with Crippen LogP contribution in [0.3, 0.4) is 0 Å². The maximum absolute atomic E-state index is 13.3. The topological polar surface area (TPSA) is 46.5 Å². The summed E-state index contributed by atoms with van der Waals surface area (Å²) in [4.78, 5) is 10.7. The Kier molecular flexibility index (Phi) is 3.75. The molecule has 1 N–H and O–H groups in total. The highest BCUT2D eigenvalue weighted by Crippen LogP contribution is 2.20. The fraction of sp³-hybridized carbons (Fsp3) is 0.0714. The van der Waals surface area contributed by atoms with Gasteiger partial charge in [-0.15, -0.1) is 0 Å². The zero-order valence-corrected chi connectivity index (χ0v) is 9.77. The van der Waals surface area contributed by atoms with Crippen molar-refractivity contribution >= 4 is 5.97 Å². The number of benzene rings is 2. The van der Waals surface area contributed by atoms with E-state index in [-0.39, 0.29) is 17.9 Å². The number of aromatic carboxylic acids is 1. The number of hydrogen-bond acceptors (Lipinski definition) is 2. The van der Waals surface area contributed by atoms with E-state index in [4.69, 9.17) is 9.84 Å². The molecule has 3 nitrogen and oxygen atoms in total. The first-order valence-electron chi connectivity index (χ1n) is 5.47. The van der Waals surface area contributed by atoms with Gasteiger partial charge in [-0.1, -0.05) is 18.2 Å². The third-order valence-electron chi connectivity index (χ3n) is 2.51. The number of carbonyl (C=O) groups is 1. The number of hydrogen-bond donors (Lipinski definition) is 1. The van der Waals surface area contributed by atoms with E-state index in [2.05, 4.69) is 0 Å². The van der Waals surface area contributed by atoms with Crippen LogP contribution in [0.25, 0.3) is 0 Å². The molecular weight excluding hydrogens is 254 g/mol. The van der Waals surface area contributed by atoms with Crippen molar-refractivity contribution in [2.24, 2.45) is 0 Å². The van der Waals surface area contributed by atoms with E-state index < -0.39 is 17.6 Å². The fourth-order valence-corrected chi connectivity index (χ4v) is 1.50. The average molecular weight is 264 g/mol. The fourth-order valence-electron chi connectivity index (χ4n) is 1.50. The van der Waals surface area contributed by atoms with Crippen LogP contribution >= 0.6 is 0 Å². The molecule has 0 saturated carbocycles. The molecule has 2 rings (SSSR count). The van der Waals surface area contributed by atoms with Gasteiger partial charge in [-0.05, 0) is 29.8 Å². The zero-order chi connectivity index (χ0) is 13.8. The molecule has 0 spiro atoms. The van der Waals surface area contributed by atoms with Crippen LogP contribution < -0.4 is 4.74 Å². The van der Waals surface area contributed by atoms with Gasteiger partial charge in [-0.25, -0.2) is 9.18 Å². The molecule has 98 valence electrons. The lowest BCUT2D eigenvalue weighted by molar-refractivity contribution is 0.0697. The molecule has 0 aromatic heterocycles. The van der Waals surface area contributed by atoms with Crippen LogP contribution in [0, 0.1) is 11.6 Å². The van der Waals surface area contributed by atoms with Crippen molar-refractivity contribution in [3.05, 3.63) is 65.2 Å². The first kappa shape index (κ1) is 13.0. The first-order chi connectivity index (χ1) is 9.08. The van der Waals surface area contributed by atoms with Crippen molar-refractivity contribution in [1.82, 2.24) is 0 Å². The van der Waals surface area contributed by atoms with Gasteiger partial charge < -0.3 is 9.84 Å². The van der Waals surface area contributed by atoms with Gasteiger partial charge in [0.2, 0.25) is 5.82 Å². The first-order valence-corrected chi connectivity index (χ1v) is 5.47. The van der Waals surface area contributed by atoms with Gasteiger partial charge >= 0.3 is 5.97 Å². The van der Waals surface area contributed by atoms with E-state index >= 15 is 0 Å². The van der Waals surface area contributed by atoms with Crippen LogP contribution in [0.2, 0.25) is 0 Å². The molecule has 0 aliphatic rings. The summed E-state index contributed by atoms with van der Waals surface area (Å²) in [6, 6.07) is 9.63. The Balaban J connectivity index is 2.06. The molecule has 19 heavy (non-hydrogen) atoms. The maximum Gasteiger partial charge on any atom is 0.335 e. The lowest BCUT2D eigenvalue weighted by atomic mass is 10.1. The van der Waals surface area contributed by atoms with Crippen LogP contribution in [-0.2, 0) is 6.61 Å². The summed E-state index contributed by atoms with van der Waals surface area (Å²) in [5, 5.41) is 8.73. The smallest absolute Gasteiger partial charge is 0.335 e. The van der Waals surface area contributed by atoms with Crippen LogP contribution in [-0.4, -0.2) is 11.1 Å². The molecule has 0 radical (unpaired) electrons.